The molecule has 0 aromatic rings. The molecule has 4 nitrogen and oxygen atoms in total. The van der Waals surface area contributed by atoms with Crippen LogP contribution in [-0.2, 0) is 14.3 Å². The van der Waals surface area contributed by atoms with Crippen molar-refractivity contribution in [1.82, 2.24) is 4.90 Å². The first-order valence-corrected chi connectivity index (χ1v) is 5.33. The molecule has 0 bridgehead atoms. The molecule has 0 aliphatic carbocycles. The Hall–Kier alpha value is -0.610. The molecule has 15 heavy (non-hydrogen) atoms. The highest BCUT2D eigenvalue weighted by atomic mass is 16.5. The summed E-state index contributed by atoms with van der Waals surface area (Å²) in [6, 6.07) is 0. The number of rotatable bonds is 3. The molecular weight excluding hydrogens is 194 g/mol. The van der Waals surface area contributed by atoms with Crippen LogP contribution in [-0.4, -0.2) is 49.3 Å². The summed E-state index contributed by atoms with van der Waals surface area (Å²) in [7, 11) is 0. The molecule has 4 heteroatoms. The first-order valence-electron chi connectivity index (χ1n) is 5.33. The Labute approximate surface area is 91.5 Å². The lowest BCUT2D eigenvalue weighted by molar-refractivity contribution is -0.132. The van der Waals surface area contributed by atoms with Crippen molar-refractivity contribution < 1.29 is 14.3 Å². The summed E-state index contributed by atoms with van der Waals surface area (Å²) >= 11 is 0. The number of amides is 1. The number of hydrogen-bond acceptors (Lipinski definition) is 3. The molecule has 1 fully saturated rings. The van der Waals surface area contributed by atoms with E-state index in [1.807, 2.05) is 20.8 Å². The van der Waals surface area contributed by atoms with E-state index in [0.29, 0.717) is 32.9 Å². The minimum absolute atomic E-state index is 0.0440. The summed E-state index contributed by atoms with van der Waals surface area (Å²) in [5.41, 5.74) is -0.193. The van der Waals surface area contributed by atoms with Gasteiger partial charge in [0.1, 0.15) is 0 Å². The highest BCUT2D eigenvalue weighted by Gasteiger charge is 2.18. The van der Waals surface area contributed by atoms with Gasteiger partial charge < -0.3 is 14.4 Å². The highest BCUT2D eigenvalue weighted by Crippen LogP contribution is 2.07. The van der Waals surface area contributed by atoms with Gasteiger partial charge in [0.25, 0.3) is 0 Å². The normalized spacial score (nSPS) is 17.9. The molecule has 1 rings (SSSR count). The second kappa shape index (κ2) is 5.47. The van der Waals surface area contributed by atoms with Crippen molar-refractivity contribution in [2.75, 3.05) is 32.9 Å². The summed E-state index contributed by atoms with van der Waals surface area (Å²) in [5.74, 6) is 0.0440. The molecule has 1 aliphatic rings. The third-order valence-electron chi connectivity index (χ3n) is 2.10. The van der Waals surface area contributed by atoms with E-state index in [2.05, 4.69) is 0 Å². The average molecular weight is 214 g/mol. The zero-order valence-electron chi connectivity index (χ0n) is 9.78. The Morgan fingerprint density at radius 3 is 2.53 bits per heavy atom. The number of hydrogen-bond donors (Lipinski definition) is 0. The van der Waals surface area contributed by atoms with Crippen molar-refractivity contribution in [3.63, 3.8) is 0 Å². The Kier molecular flexibility index (Phi) is 4.54. The van der Waals surface area contributed by atoms with Crippen molar-refractivity contribution in [3.8, 4) is 0 Å². The molecule has 1 radical (unpaired) electrons. The van der Waals surface area contributed by atoms with Crippen LogP contribution in [0.1, 0.15) is 20.8 Å². The van der Waals surface area contributed by atoms with Gasteiger partial charge >= 0.3 is 0 Å². The largest absolute Gasteiger partial charge is 0.378 e. The van der Waals surface area contributed by atoms with Crippen LogP contribution in [0.3, 0.4) is 0 Å². The van der Waals surface area contributed by atoms with E-state index in [-0.39, 0.29) is 11.5 Å². The minimum atomic E-state index is -0.193. The molecule has 0 N–H and O–H groups in total. The lowest BCUT2D eigenvalue weighted by Crippen LogP contribution is -2.41. The Morgan fingerprint density at radius 2 is 2.00 bits per heavy atom. The number of carbonyl (C=O) groups is 1. The molecule has 0 aromatic heterocycles. The summed E-state index contributed by atoms with van der Waals surface area (Å²) in [6.07, 6.45) is 1.59. The van der Waals surface area contributed by atoms with Crippen LogP contribution < -0.4 is 0 Å². The number of ether oxygens (including phenoxy) is 2. The third kappa shape index (κ3) is 5.14. The van der Waals surface area contributed by atoms with Gasteiger partial charge in [-0.2, -0.15) is 0 Å². The SMILES string of the molecule is CC(C)(C)OC[CH]C(=O)N1CCOCC1. The van der Waals surface area contributed by atoms with Gasteiger partial charge in [-0.3, -0.25) is 4.79 Å². The molecule has 1 amide bonds. The van der Waals surface area contributed by atoms with Crippen molar-refractivity contribution >= 4 is 5.91 Å². The minimum Gasteiger partial charge on any atom is -0.378 e. The lowest BCUT2D eigenvalue weighted by Gasteiger charge is -2.27. The highest BCUT2D eigenvalue weighted by molar-refractivity contribution is 5.84. The van der Waals surface area contributed by atoms with E-state index in [0.717, 1.165) is 0 Å². The van der Waals surface area contributed by atoms with E-state index in [1.54, 1.807) is 11.3 Å². The molecule has 1 aliphatic heterocycles. The maximum Gasteiger partial charge on any atom is 0.229 e. The summed E-state index contributed by atoms with van der Waals surface area (Å²) in [5, 5.41) is 0. The fraction of sp³-hybridized carbons (Fsp3) is 0.818. The molecule has 1 heterocycles. The van der Waals surface area contributed by atoms with Gasteiger partial charge in [0.2, 0.25) is 5.91 Å². The maximum absolute atomic E-state index is 11.6. The molecule has 0 atom stereocenters. The van der Waals surface area contributed by atoms with Crippen LogP contribution in [0.2, 0.25) is 0 Å². The van der Waals surface area contributed by atoms with Gasteiger partial charge in [0, 0.05) is 13.1 Å². The zero-order valence-corrected chi connectivity index (χ0v) is 9.78. The first kappa shape index (κ1) is 12.5. The molecular formula is C11H20NO3. The summed E-state index contributed by atoms with van der Waals surface area (Å²) < 4.78 is 10.6. The smallest absolute Gasteiger partial charge is 0.229 e. The molecule has 0 unspecified atom stereocenters. The second-order valence-electron chi connectivity index (χ2n) is 4.57. The molecule has 0 aromatic carbocycles. The predicted molar refractivity (Wildman–Crippen MR) is 57.4 cm³/mol. The Balaban J connectivity index is 2.17. The van der Waals surface area contributed by atoms with Crippen molar-refractivity contribution in [2.45, 2.75) is 26.4 Å². The van der Waals surface area contributed by atoms with Gasteiger partial charge in [-0.1, -0.05) is 0 Å². The van der Waals surface area contributed by atoms with Crippen molar-refractivity contribution in [2.24, 2.45) is 0 Å². The predicted octanol–water partition coefficient (Wildman–Crippen LogP) is 0.865. The second-order valence-corrected chi connectivity index (χ2v) is 4.57. The average Bonchev–Trinajstić information content (AvgIpc) is 2.17. The van der Waals surface area contributed by atoms with E-state index in [9.17, 15) is 4.79 Å². The van der Waals surface area contributed by atoms with Gasteiger partial charge in [0.05, 0.1) is 31.8 Å². The van der Waals surface area contributed by atoms with Crippen LogP contribution in [0.25, 0.3) is 0 Å². The third-order valence-corrected chi connectivity index (χ3v) is 2.10. The van der Waals surface area contributed by atoms with E-state index in [4.69, 9.17) is 9.47 Å². The Bertz CT molecular complexity index is 204. The fourth-order valence-electron chi connectivity index (χ4n) is 1.28. The van der Waals surface area contributed by atoms with Gasteiger partial charge in [-0.05, 0) is 20.8 Å². The number of nitrogens with zero attached hydrogens (tertiary/aromatic N) is 1. The van der Waals surface area contributed by atoms with E-state index >= 15 is 0 Å². The monoisotopic (exact) mass is 214 g/mol. The number of carbonyl (C=O) groups excluding carboxylic acids is 1. The van der Waals surface area contributed by atoms with Crippen LogP contribution in [0.5, 0.6) is 0 Å². The Morgan fingerprint density at radius 1 is 1.40 bits per heavy atom. The maximum atomic E-state index is 11.6. The van der Waals surface area contributed by atoms with Gasteiger partial charge in [0.15, 0.2) is 0 Å². The first-order chi connectivity index (χ1) is 6.99. The topological polar surface area (TPSA) is 38.8 Å². The van der Waals surface area contributed by atoms with Crippen LogP contribution in [0.4, 0.5) is 0 Å². The number of morpholine rings is 1. The lowest BCUT2D eigenvalue weighted by atomic mass is 10.2. The van der Waals surface area contributed by atoms with Crippen LogP contribution in [0, 0.1) is 6.42 Å². The molecule has 0 spiro atoms. The van der Waals surface area contributed by atoms with E-state index < -0.39 is 0 Å². The standard InChI is InChI=1S/C11H20NO3/c1-11(2,3)15-7-4-10(13)12-5-8-14-9-6-12/h4H,5-9H2,1-3H3. The zero-order chi connectivity index (χ0) is 11.3. The van der Waals surface area contributed by atoms with Crippen LogP contribution >= 0.6 is 0 Å². The van der Waals surface area contributed by atoms with Gasteiger partial charge in [-0.15, -0.1) is 0 Å². The fourth-order valence-corrected chi connectivity index (χ4v) is 1.28. The summed E-state index contributed by atoms with van der Waals surface area (Å²) in [6.45, 7) is 8.94. The quantitative estimate of drug-likeness (QED) is 0.699. The molecule has 1 saturated heterocycles. The van der Waals surface area contributed by atoms with Crippen molar-refractivity contribution in [1.29, 1.82) is 0 Å². The van der Waals surface area contributed by atoms with E-state index in [1.165, 1.54) is 0 Å². The van der Waals surface area contributed by atoms with Gasteiger partial charge in [-0.25, -0.2) is 0 Å². The molecule has 0 saturated carbocycles. The van der Waals surface area contributed by atoms with Crippen LogP contribution in [0.15, 0.2) is 0 Å². The molecule has 87 valence electrons. The van der Waals surface area contributed by atoms with Crippen molar-refractivity contribution in [3.05, 3.63) is 6.42 Å². The summed E-state index contributed by atoms with van der Waals surface area (Å²) in [4.78, 5) is 13.4.